The highest BCUT2D eigenvalue weighted by molar-refractivity contribution is 14.1. The molecule has 0 aliphatic carbocycles. The third kappa shape index (κ3) is 4.20. The molecule has 0 radical (unpaired) electrons. The van der Waals surface area contributed by atoms with Crippen molar-refractivity contribution >= 4 is 60.4 Å². The number of rotatable bonds is 3. The Labute approximate surface area is 138 Å². The maximum Gasteiger partial charge on any atom is 0.303 e. The molecular weight excluding hydrogens is 475 g/mol. The molecule has 0 saturated carbocycles. The molecule has 0 fully saturated rings. The molecule has 18 heavy (non-hydrogen) atoms. The second-order valence-corrected chi connectivity index (χ2v) is 8.25. The summed E-state index contributed by atoms with van der Waals surface area (Å²) in [6.45, 7) is 6.20. The lowest BCUT2D eigenvalue weighted by Gasteiger charge is -2.31. The summed E-state index contributed by atoms with van der Waals surface area (Å²) in [6.07, 6.45) is 0.126. The molecule has 0 bridgehead atoms. The molecule has 0 saturated heterocycles. The van der Waals surface area contributed by atoms with E-state index < -0.39 is 5.97 Å². The van der Waals surface area contributed by atoms with Crippen molar-refractivity contribution in [3.05, 3.63) is 30.2 Å². The van der Waals surface area contributed by atoms with Crippen LogP contribution in [0.5, 0.6) is 0 Å². The molecule has 0 aliphatic heterocycles. The van der Waals surface area contributed by atoms with Gasteiger partial charge in [0.15, 0.2) is 0 Å². The maximum absolute atomic E-state index is 11.1. The molecule has 1 atom stereocenters. The van der Waals surface area contributed by atoms with E-state index in [1.54, 1.807) is 0 Å². The van der Waals surface area contributed by atoms with Crippen LogP contribution in [0.1, 0.15) is 38.7 Å². The molecule has 0 amide bonds. The fourth-order valence-electron chi connectivity index (χ4n) is 1.90. The van der Waals surface area contributed by atoms with Crippen LogP contribution in [0.25, 0.3) is 0 Å². The predicted octanol–water partition coefficient (Wildman–Crippen LogP) is 5.42. The fraction of sp³-hybridized carbons (Fsp3) is 0.462. The molecule has 5 heteroatoms. The van der Waals surface area contributed by atoms with Crippen molar-refractivity contribution < 1.29 is 9.90 Å². The van der Waals surface area contributed by atoms with E-state index in [0.717, 1.165) is 18.1 Å². The van der Waals surface area contributed by atoms with Gasteiger partial charge in [-0.05, 0) is 45.7 Å². The van der Waals surface area contributed by atoms with Gasteiger partial charge in [0, 0.05) is 18.4 Å². The minimum Gasteiger partial charge on any atom is -0.481 e. The first-order valence-corrected chi connectivity index (χ1v) is 8.15. The van der Waals surface area contributed by atoms with Crippen molar-refractivity contribution in [2.24, 2.45) is 5.41 Å². The van der Waals surface area contributed by atoms with Gasteiger partial charge < -0.3 is 5.11 Å². The summed E-state index contributed by atoms with van der Waals surface area (Å²) in [7, 11) is 0. The number of benzene rings is 1. The number of hydrogen-bond donors (Lipinski definition) is 1. The highest BCUT2D eigenvalue weighted by Crippen LogP contribution is 2.44. The molecule has 1 N–H and O–H groups in total. The minimum atomic E-state index is -0.771. The Hall–Kier alpha value is 0.380. The van der Waals surface area contributed by atoms with Crippen LogP contribution in [0.15, 0.2) is 21.1 Å². The summed E-state index contributed by atoms with van der Waals surface area (Å²) >= 11 is 9.35. The molecule has 1 unspecified atom stereocenters. The monoisotopic (exact) mass is 488 g/mol. The van der Waals surface area contributed by atoms with E-state index in [0.29, 0.717) is 0 Å². The van der Waals surface area contributed by atoms with Crippen LogP contribution in [0.2, 0.25) is 0 Å². The van der Waals surface area contributed by atoms with E-state index in [1.807, 2.05) is 12.1 Å². The van der Waals surface area contributed by atoms with E-state index in [4.69, 9.17) is 5.11 Å². The van der Waals surface area contributed by atoms with Crippen molar-refractivity contribution in [3.63, 3.8) is 0 Å². The summed E-state index contributed by atoms with van der Waals surface area (Å²) < 4.78 is 3.03. The number of carbonyl (C=O) groups is 1. The summed E-state index contributed by atoms with van der Waals surface area (Å²) in [5.74, 6) is -0.817. The van der Waals surface area contributed by atoms with Crippen molar-refractivity contribution in [1.29, 1.82) is 0 Å². The Kier molecular flexibility index (Phi) is 5.68. The molecule has 100 valence electrons. The third-order valence-corrected chi connectivity index (χ3v) is 4.75. The molecule has 0 spiro atoms. The number of halogens is 3. The SMILES string of the molecule is CC(C)(C)C(CC(=O)O)c1c(Br)cc(I)cc1Br. The maximum atomic E-state index is 11.1. The second kappa shape index (κ2) is 6.22. The van der Waals surface area contributed by atoms with Gasteiger partial charge in [-0.25, -0.2) is 0 Å². The molecule has 1 rings (SSSR count). The lowest BCUT2D eigenvalue weighted by Crippen LogP contribution is -2.22. The van der Waals surface area contributed by atoms with Gasteiger partial charge in [-0.2, -0.15) is 0 Å². The molecule has 2 nitrogen and oxygen atoms in total. The van der Waals surface area contributed by atoms with Gasteiger partial charge >= 0.3 is 5.97 Å². The first kappa shape index (κ1) is 16.4. The normalized spacial score (nSPS) is 13.4. The zero-order valence-electron chi connectivity index (χ0n) is 10.4. The molecule has 1 aromatic rings. The molecule has 0 aromatic heterocycles. The predicted molar refractivity (Wildman–Crippen MR) is 89.0 cm³/mol. The van der Waals surface area contributed by atoms with Crippen LogP contribution in [0.3, 0.4) is 0 Å². The largest absolute Gasteiger partial charge is 0.481 e. The lowest BCUT2D eigenvalue weighted by atomic mass is 9.74. The van der Waals surface area contributed by atoms with Gasteiger partial charge in [-0.3, -0.25) is 4.79 Å². The van der Waals surface area contributed by atoms with Gasteiger partial charge in [-0.15, -0.1) is 0 Å². The van der Waals surface area contributed by atoms with E-state index in [9.17, 15) is 4.79 Å². The Balaban J connectivity index is 3.34. The number of carboxylic acid groups (broad SMARTS) is 1. The minimum absolute atomic E-state index is 0.0456. The van der Waals surface area contributed by atoms with E-state index in [2.05, 4.69) is 75.2 Å². The van der Waals surface area contributed by atoms with Crippen LogP contribution in [-0.4, -0.2) is 11.1 Å². The zero-order valence-corrected chi connectivity index (χ0v) is 15.8. The van der Waals surface area contributed by atoms with E-state index >= 15 is 0 Å². The smallest absolute Gasteiger partial charge is 0.303 e. The van der Waals surface area contributed by atoms with Crippen molar-refractivity contribution in [2.45, 2.75) is 33.1 Å². The van der Waals surface area contributed by atoms with Crippen LogP contribution in [0.4, 0.5) is 0 Å². The fourth-order valence-corrected chi connectivity index (χ4v) is 5.12. The Bertz CT molecular complexity index is 444. The molecular formula is C13H15Br2IO2. The Morgan fingerprint density at radius 3 is 2.11 bits per heavy atom. The van der Waals surface area contributed by atoms with Gasteiger partial charge in [0.1, 0.15) is 0 Å². The first-order chi connectivity index (χ1) is 8.12. The summed E-state index contributed by atoms with van der Waals surface area (Å²) in [4.78, 5) is 11.1. The lowest BCUT2D eigenvalue weighted by molar-refractivity contribution is -0.138. The molecule has 1 aromatic carbocycles. The van der Waals surface area contributed by atoms with Gasteiger partial charge in [-0.1, -0.05) is 52.6 Å². The molecule has 0 heterocycles. The van der Waals surface area contributed by atoms with E-state index in [-0.39, 0.29) is 17.8 Å². The Morgan fingerprint density at radius 1 is 1.33 bits per heavy atom. The average molecular weight is 490 g/mol. The highest BCUT2D eigenvalue weighted by atomic mass is 127. The van der Waals surface area contributed by atoms with Crippen LogP contribution < -0.4 is 0 Å². The molecule has 0 aliphatic rings. The van der Waals surface area contributed by atoms with E-state index in [1.165, 1.54) is 0 Å². The number of carboxylic acids is 1. The van der Waals surface area contributed by atoms with Crippen LogP contribution in [0, 0.1) is 8.99 Å². The van der Waals surface area contributed by atoms with Crippen LogP contribution in [-0.2, 0) is 4.79 Å². The van der Waals surface area contributed by atoms with Gasteiger partial charge in [0.25, 0.3) is 0 Å². The zero-order chi connectivity index (χ0) is 14.1. The summed E-state index contributed by atoms with van der Waals surface area (Å²) in [5, 5.41) is 9.11. The van der Waals surface area contributed by atoms with Crippen molar-refractivity contribution in [1.82, 2.24) is 0 Å². The number of hydrogen-bond acceptors (Lipinski definition) is 1. The average Bonchev–Trinajstić information content (AvgIpc) is 2.12. The van der Waals surface area contributed by atoms with Gasteiger partial charge in [0.2, 0.25) is 0 Å². The van der Waals surface area contributed by atoms with Crippen LogP contribution >= 0.6 is 54.5 Å². The third-order valence-electron chi connectivity index (χ3n) is 2.82. The summed E-state index contributed by atoms with van der Waals surface area (Å²) in [6, 6.07) is 4.03. The van der Waals surface area contributed by atoms with Crippen molar-refractivity contribution in [3.8, 4) is 0 Å². The Morgan fingerprint density at radius 2 is 1.78 bits per heavy atom. The summed E-state index contributed by atoms with van der Waals surface area (Å²) in [5.41, 5.74) is 0.918. The first-order valence-electron chi connectivity index (χ1n) is 5.49. The standard InChI is InChI=1S/C13H15Br2IO2/c1-13(2,3)8(6-11(17)18)12-9(14)4-7(16)5-10(12)15/h4-5,8H,6H2,1-3H3,(H,17,18). The van der Waals surface area contributed by atoms with Gasteiger partial charge in [0.05, 0.1) is 6.42 Å². The topological polar surface area (TPSA) is 37.3 Å². The number of aliphatic carboxylic acids is 1. The quantitative estimate of drug-likeness (QED) is 0.576. The van der Waals surface area contributed by atoms with Crippen molar-refractivity contribution in [2.75, 3.05) is 0 Å². The second-order valence-electron chi connectivity index (χ2n) is 5.30. The highest BCUT2D eigenvalue weighted by Gasteiger charge is 2.31.